The number of carbonyl (C=O) groups excluding carboxylic acids is 2. The number of fused-ring (bicyclic) bond motifs is 1. The van der Waals surface area contributed by atoms with Gasteiger partial charge in [0.05, 0.1) is 12.6 Å². The standard InChI is InChI=1S/C20H28N4O5/c1-20(2)18(26)24(19(27)21-20)12-15(25)11-23-7-5-22(6-8-23)10-14-3-4-16-17(9-14)29-13-28-16/h3-4,9,15,25H,5-8,10-13H2,1-2H3,(H,21,27)/t15-/m0/s1. The quantitative estimate of drug-likeness (QED) is 0.655. The van der Waals surface area contributed by atoms with Gasteiger partial charge in [-0.3, -0.25) is 19.5 Å². The lowest BCUT2D eigenvalue weighted by Crippen LogP contribution is -2.50. The van der Waals surface area contributed by atoms with E-state index in [2.05, 4.69) is 21.2 Å². The lowest BCUT2D eigenvalue weighted by atomic mass is 10.1. The molecule has 0 radical (unpaired) electrons. The van der Waals surface area contributed by atoms with E-state index in [1.54, 1.807) is 13.8 Å². The van der Waals surface area contributed by atoms with Gasteiger partial charge in [-0.15, -0.1) is 0 Å². The number of ether oxygens (including phenoxy) is 2. The summed E-state index contributed by atoms with van der Waals surface area (Å²) in [7, 11) is 0. The molecule has 0 aromatic heterocycles. The first-order valence-electron chi connectivity index (χ1n) is 9.97. The molecule has 1 aromatic rings. The van der Waals surface area contributed by atoms with Crippen molar-refractivity contribution in [2.45, 2.75) is 32.0 Å². The molecule has 0 unspecified atom stereocenters. The molecule has 3 aliphatic rings. The molecule has 2 saturated heterocycles. The molecular weight excluding hydrogens is 376 g/mol. The molecule has 3 amide bonds. The van der Waals surface area contributed by atoms with Crippen molar-refractivity contribution in [1.82, 2.24) is 20.0 Å². The maximum absolute atomic E-state index is 12.2. The summed E-state index contributed by atoms with van der Waals surface area (Å²) in [4.78, 5) is 29.9. The van der Waals surface area contributed by atoms with Crippen molar-refractivity contribution >= 4 is 11.9 Å². The first-order chi connectivity index (χ1) is 13.8. The fourth-order valence-electron chi connectivity index (χ4n) is 3.98. The minimum absolute atomic E-state index is 0.0194. The van der Waals surface area contributed by atoms with Gasteiger partial charge in [0.1, 0.15) is 5.54 Å². The molecule has 9 nitrogen and oxygen atoms in total. The molecule has 3 aliphatic heterocycles. The van der Waals surface area contributed by atoms with Crippen LogP contribution in [0.5, 0.6) is 11.5 Å². The fourth-order valence-corrected chi connectivity index (χ4v) is 3.98. The van der Waals surface area contributed by atoms with E-state index in [-0.39, 0.29) is 19.2 Å². The Morgan fingerprint density at radius 1 is 1.07 bits per heavy atom. The summed E-state index contributed by atoms with van der Waals surface area (Å²) in [5.74, 6) is 1.30. The SMILES string of the molecule is CC1(C)NC(=O)N(C[C@@H](O)CN2CCN(Cc3ccc4c(c3)OCO4)CC2)C1=O. The Bertz CT molecular complexity index is 791. The first-order valence-corrected chi connectivity index (χ1v) is 9.97. The van der Waals surface area contributed by atoms with Gasteiger partial charge in [0.2, 0.25) is 6.79 Å². The van der Waals surface area contributed by atoms with Gasteiger partial charge < -0.3 is 19.9 Å². The van der Waals surface area contributed by atoms with Crippen LogP contribution in [-0.4, -0.2) is 89.4 Å². The zero-order chi connectivity index (χ0) is 20.6. The van der Waals surface area contributed by atoms with Gasteiger partial charge in [-0.1, -0.05) is 6.07 Å². The Hall–Kier alpha value is -2.36. The van der Waals surface area contributed by atoms with Gasteiger partial charge in [0.25, 0.3) is 5.91 Å². The minimum Gasteiger partial charge on any atom is -0.454 e. The van der Waals surface area contributed by atoms with Gasteiger partial charge in [-0.2, -0.15) is 0 Å². The van der Waals surface area contributed by atoms with Crippen LogP contribution in [0, 0.1) is 0 Å². The molecule has 1 atom stereocenters. The van der Waals surface area contributed by atoms with E-state index in [1.807, 2.05) is 12.1 Å². The highest BCUT2D eigenvalue weighted by Gasteiger charge is 2.44. The Morgan fingerprint density at radius 2 is 1.76 bits per heavy atom. The number of hydrogen-bond donors (Lipinski definition) is 2. The van der Waals surface area contributed by atoms with Crippen LogP contribution in [0.25, 0.3) is 0 Å². The number of amides is 3. The van der Waals surface area contributed by atoms with Crippen molar-refractivity contribution in [2.75, 3.05) is 46.1 Å². The highest BCUT2D eigenvalue weighted by Crippen LogP contribution is 2.32. The molecule has 1 aromatic carbocycles. The number of benzene rings is 1. The second kappa shape index (κ2) is 7.81. The molecule has 2 fully saturated rings. The summed E-state index contributed by atoms with van der Waals surface area (Å²) in [6.45, 7) is 8.33. The van der Waals surface area contributed by atoms with Crippen LogP contribution in [0.1, 0.15) is 19.4 Å². The van der Waals surface area contributed by atoms with E-state index < -0.39 is 17.7 Å². The molecule has 0 bridgehead atoms. The summed E-state index contributed by atoms with van der Waals surface area (Å²) in [6.07, 6.45) is -0.765. The number of aliphatic hydroxyl groups is 1. The van der Waals surface area contributed by atoms with Gasteiger partial charge >= 0.3 is 6.03 Å². The molecule has 0 aliphatic carbocycles. The van der Waals surface area contributed by atoms with Gasteiger partial charge in [0, 0.05) is 39.3 Å². The smallest absolute Gasteiger partial charge is 0.325 e. The van der Waals surface area contributed by atoms with E-state index in [0.29, 0.717) is 6.54 Å². The van der Waals surface area contributed by atoms with Crippen molar-refractivity contribution in [3.8, 4) is 11.5 Å². The lowest BCUT2D eigenvalue weighted by Gasteiger charge is -2.36. The van der Waals surface area contributed by atoms with Gasteiger partial charge in [-0.25, -0.2) is 4.79 Å². The summed E-state index contributed by atoms with van der Waals surface area (Å²) in [5.41, 5.74) is 0.279. The van der Waals surface area contributed by atoms with Crippen LogP contribution >= 0.6 is 0 Å². The Balaban J connectivity index is 1.23. The largest absolute Gasteiger partial charge is 0.454 e. The molecule has 29 heavy (non-hydrogen) atoms. The van der Waals surface area contributed by atoms with Crippen molar-refractivity contribution in [2.24, 2.45) is 0 Å². The number of nitrogens with zero attached hydrogens (tertiary/aromatic N) is 3. The van der Waals surface area contributed by atoms with E-state index in [1.165, 1.54) is 5.56 Å². The second-order valence-electron chi connectivity index (χ2n) is 8.39. The van der Waals surface area contributed by atoms with E-state index in [9.17, 15) is 14.7 Å². The normalized spacial score (nSPS) is 22.8. The van der Waals surface area contributed by atoms with Crippen LogP contribution < -0.4 is 14.8 Å². The topological polar surface area (TPSA) is 94.6 Å². The number of nitrogens with one attached hydrogen (secondary N) is 1. The number of imide groups is 1. The lowest BCUT2D eigenvalue weighted by molar-refractivity contribution is -0.131. The molecule has 0 saturated carbocycles. The molecular formula is C20H28N4O5. The third kappa shape index (κ3) is 4.31. The zero-order valence-corrected chi connectivity index (χ0v) is 16.9. The van der Waals surface area contributed by atoms with Crippen LogP contribution in [0.3, 0.4) is 0 Å². The number of carbonyl (C=O) groups is 2. The molecule has 158 valence electrons. The predicted molar refractivity (Wildman–Crippen MR) is 105 cm³/mol. The summed E-state index contributed by atoms with van der Waals surface area (Å²) in [6, 6.07) is 5.59. The van der Waals surface area contributed by atoms with Gasteiger partial charge in [-0.05, 0) is 31.5 Å². The highest BCUT2D eigenvalue weighted by molar-refractivity contribution is 6.06. The Labute approximate surface area is 170 Å². The van der Waals surface area contributed by atoms with Crippen LogP contribution in [0.15, 0.2) is 18.2 Å². The maximum atomic E-state index is 12.2. The average molecular weight is 404 g/mol. The number of aliphatic hydroxyl groups excluding tert-OH is 1. The number of rotatable bonds is 6. The molecule has 2 N–H and O–H groups in total. The van der Waals surface area contributed by atoms with Crippen molar-refractivity contribution in [3.05, 3.63) is 23.8 Å². The Kier molecular flexibility index (Phi) is 5.37. The maximum Gasteiger partial charge on any atom is 0.325 e. The molecule has 4 rings (SSSR count). The van der Waals surface area contributed by atoms with Crippen molar-refractivity contribution in [3.63, 3.8) is 0 Å². The number of piperazine rings is 1. The van der Waals surface area contributed by atoms with Gasteiger partial charge in [0.15, 0.2) is 11.5 Å². The average Bonchev–Trinajstić information content (AvgIpc) is 3.21. The summed E-state index contributed by atoms with van der Waals surface area (Å²) in [5, 5.41) is 13.0. The minimum atomic E-state index is -0.906. The zero-order valence-electron chi connectivity index (χ0n) is 16.9. The van der Waals surface area contributed by atoms with Crippen LogP contribution in [0.2, 0.25) is 0 Å². The van der Waals surface area contributed by atoms with Crippen molar-refractivity contribution in [1.29, 1.82) is 0 Å². The Morgan fingerprint density at radius 3 is 2.45 bits per heavy atom. The number of β-amino-alcohol motifs (C(OH)–C–C–N with tert-alkyl or cyclic N) is 1. The molecule has 9 heteroatoms. The van der Waals surface area contributed by atoms with E-state index in [0.717, 1.165) is 49.1 Å². The van der Waals surface area contributed by atoms with Crippen LogP contribution in [0.4, 0.5) is 4.79 Å². The number of urea groups is 1. The monoisotopic (exact) mass is 404 g/mol. The van der Waals surface area contributed by atoms with Crippen molar-refractivity contribution < 1.29 is 24.2 Å². The van der Waals surface area contributed by atoms with Crippen LogP contribution in [-0.2, 0) is 11.3 Å². The highest BCUT2D eigenvalue weighted by atomic mass is 16.7. The number of hydrogen-bond acceptors (Lipinski definition) is 7. The second-order valence-corrected chi connectivity index (χ2v) is 8.39. The van der Waals surface area contributed by atoms with E-state index >= 15 is 0 Å². The summed E-state index contributed by atoms with van der Waals surface area (Å²) >= 11 is 0. The fraction of sp³-hybridized carbons (Fsp3) is 0.600. The van der Waals surface area contributed by atoms with E-state index in [4.69, 9.17) is 9.47 Å². The third-order valence-electron chi connectivity index (χ3n) is 5.61. The molecule has 3 heterocycles. The third-order valence-corrected chi connectivity index (χ3v) is 5.61. The first kappa shape index (κ1) is 19.9. The predicted octanol–water partition coefficient (Wildman–Crippen LogP) is 0.224. The molecule has 0 spiro atoms. The summed E-state index contributed by atoms with van der Waals surface area (Å²) < 4.78 is 10.8.